The number of ether oxygens (including phenoxy) is 1. The summed E-state index contributed by atoms with van der Waals surface area (Å²) in [4.78, 5) is 12.1. The van der Waals surface area contributed by atoms with E-state index in [1.807, 2.05) is 38.1 Å². The van der Waals surface area contributed by atoms with Crippen molar-refractivity contribution in [3.63, 3.8) is 0 Å². The molecule has 2 atom stereocenters. The van der Waals surface area contributed by atoms with Crippen molar-refractivity contribution >= 4 is 18.3 Å². The Balaban J connectivity index is 0.00000288. The van der Waals surface area contributed by atoms with Gasteiger partial charge in [0.2, 0.25) is 5.91 Å². The van der Waals surface area contributed by atoms with Crippen LogP contribution in [0.25, 0.3) is 0 Å². The highest BCUT2D eigenvalue weighted by Gasteiger charge is 2.22. The van der Waals surface area contributed by atoms with Gasteiger partial charge >= 0.3 is 0 Å². The maximum Gasteiger partial charge on any atom is 0.220 e. The van der Waals surface area contributed by atoms with Crippen molar-refractivity contribution in [3.05, 3.63) is 29.8 Å². The van der Waals surface area contributed by atoms with Crippen LogP contribution in [0.5, 0.6) is 5.75 Å². The Bertz CT molecular complexity index is 504. The van der Waals surface area contributed by atoms with Crippen molar-refractivity contribution < 1.29 is 9.53 Å². The molecule has 1 heterocycles. The SMILES string of the molecule is Cc1cccc(OC(C)CNC(=O)CC(C)C2CCNCC2)c1.Cl. The second-order valence-electron chi connectivity index (χ2n) is 6.82. The van der Waals surface area contributed by atoms with Gasteiger partial charge in [0, 0.05) is 6.42 Å². The molecule has 1 aromatic carbocycles. The van der Waals surface area contributed by atoms with E-state index < -0.39 is 0 Å². The number of aryl methyl sites for hydroxylation is 1. The third kappa shape index (κ3) is 7.10. The second-order valence-corrected chi connectivity index (χ2v) is 6.82. The Hall–Kier alpha value is -1.26. The number of rotatable bonds is 7. The Kier molecular flexibility index (Phi) is 9.16. The largest absolute Gasteiger partial charge is 0.489 e. The molecule has 1 aromatic rings. The monoisotopic (exact) mass is 354 g/mol. The molecule has 2 N–H and O–H groups in total. The number of benzene rings is 1. The van der Waals surface area contributed by atoms with E-state index in [1.165, 1.54) is 18.4 Å². The van der Waals surface area contributed by atoms with Gasteiger partial charge in [-0.3, -0.25) is 4.79 Å². The lowest BCUT2D eigenvalue weighted by atomic mass is 9.84. The van der Waals surface area contributed by atoms with Gasteiger partial charge < -0.3 is 15.4 Å². The number of carbonyl (C=O) groups excluding carboxylic acids is 1. The van der Waals surface area contributed by atoms with E-state index in [9.17, 15) is 4.79 Å². The summed E-state index contributed by atoms with van der Waals surface area (Å²) in [6.07, 6.45) is 2.94. The molecule has 1 fully saturated rings. The molecular weight excluding hydrogens is 324 g/mol. The average Bonchev–Trinajstić information content (AvgIpc) is 2.54. The predicted octanol–water partition coefficient (Wildman–Crippen LogP) is 3.33. The molecule has 24 heavy (non-hydrogen) atoms. The first kappa shape index (κ1) is 20.8. The summed E-state index contributed by atoms with van der Waals surface area (Å²) >= 11 is 0. The smallest absolute Gasteiger partial charge is 0.220 e. The van der Waals surface area contributed by atoms with Crippen LogP contribution in [0, 0.1) is 18.8 Å². The van der Waals surface area contributed by atoms with Gasteiger partial charge in [-0.15, -0.1) is 12.4 Å². The van der Waals surface area contributed by atoms with Gasteiger partial charge in [0.15, 0.2) is 0 Å². The van der Waals surface area contributed by atoms with Gasteiger partial charge in [-0.25, -0.2) is 0 Å². The van der Waals surface area contributed by atoms with E-state index in [-0.39, 0.29) is 24.4 Å². The van der Waals surface area contributed by atoms with Crippen LogP contribution in [-0.4, -0.2) is 31.6 Å². The number of nitrogens with one attached hydrogen (secondary N) is 2. The molecule has 0 bridgehead atoms. The van der Waals surface area contributed by atoms with Gasteiger partial charge in [0.05, 0.1) is 6.54 Å². The fourth-order valence-corrected chi connectivity index (χ4v) is 3.16. The predicted molar refractivity (Wildman–Crippen MR) is 101 cm³/mol. The molecule has 5 heteroatoms. The zero-order chi connectivity index (χ0) is 16.7. The van der Waals surface area contributed by atoms with Crippen LogP contribution in [0.2, 0.25) is 0 Å². The van der Waals surface area contributed by atoms with Gasteiger partial charge in [-0.05, 0) is 69.3 Å². The molecule has 1 aliphatic rings. The summed E-state index contributed by atoms with van der Waals surface area (Å²) in [5.41, 5.74) is 1.18. The van der Waals surface area contributed by atoms with E-state index in [4.69, 9.17) is 4.74 Å². The molecule has 0 saturated carbocycles. The van der Waals surface area contributed by atoms with Gasteiger partial charge in [0.1, 0.15) is 11.9 Å². The van der Waals surface area contributed by atoms with Crippen LogP contribution in [0.15, 0.2) is 24.3 Å². The fourth-order valence-electron chi connectivity index (χ4n) is 3.16. The lowest BCUT2D eigenvalue weighted by Crippen LogP contribution is -2.36. The molecule has 1 saturated heterocycles. The first-order chi connectivity index (χ1) is 11.0. The molecule has 0 spiro atoms. The number of hydrogen-bond acceptors (Lipinski definition) is 3. The number of halogens is 1. The second kappa shape index (κ2) is 10.6. The molecule has 0 radical (unpaired) electrons. The Morgan fingerprint density at radius 3 is 2.71 bits per heavy atom. The molecule has 4 nitrogen and oxygen atoms in total. The normalized spacial score (nSPS) is 17.5. The summed E-state index contributed by atoms with van der Waals surface area (Å²) in [5, 5.41) is 6.38. The highest BCUT2D eigenvalue weighted by atomic mass is 35.5. The molecule has 2 unspecified atom stereocenters. The maximum absolute atomic E-state index is 12.1. The number of amides is 1. The summed E-state index contributed by atoms with van der Waals surface area (Å²) < 4.78 is 5.84. The van der Waals surface area contributed by atoms with Gasteiger partial charge in [-0.1, -0.05) is 19.1 Å². The van der Waals surface area contributed by atoms with Crippen molar-refractivity contribution in [3.8, 4) is 5.75 Å². The molecule has 0 aromatic heterocycles. The lowest BCUT2D eigenvalue weighted by Gasteiger charge is -2.28. The van der Waals surface area contributed by atoms with Crippen LogP contribution >= 0.6 is 12.4 Å². The summed E-state index contributed by atoms with van der Waals surface area (Å²) in [7, 11) is 0. The zero-order valence-corrected chi connectivity index (χ0v) is 15.8. The van der Waals surface area contributed by atoms with E-state index in [1.54, 1.807) is 0 Å². The van der Waals surface area contributed by atoms with E-state index in [2.05, 4.69) is 17.6 Å². The average molecular weight is 355 g/mol. The summed E-state index contributed by atoms with van der Waals surface area (Å²) in [6.45, 7) is 8.93. The van der Waals surface area contributed by atoms with Crippen molar-refractivity contribution in [1.29, 1.82) is 0 Å². The van der Waals surface area contributed by atoms with E-state index in [0.717, 1.165) is 18.8 Å². The van der Waals surface area contributed by atoms with Crippen molar-refractivity contribution in [1.82, 2.24) is 10.6 Å². The molecular formula is C19H31ClN2O2. The van der Waals surface area contributed by atoms with Crippen molar-refractivity contribution in [2.24, 2.45) is 11.8 Å². The van der Waals surface area contributed by atoms with Crippen LogP contribution in [0.1, 0.15) is 38.7 Å². The first-order valence-corrected chi connectivity index (χ1v) is 8.75. The Morgan fingerprint density at radius 1 is 1.33 bits per heavy atom. The van der Waals surface area contributed by atoms with Crippen LogP contribution in [0.3, 0.4) is 0 Å². The van der Waals surface area contributed by atoms with E-state index in [0.29, 0.717) is 24.8 Å². The third-order valence-corrected chi connectivity index (χ3v) is 4.61. The third-order valence-electron chi connectivity index (χ3n) is 4.61. The van der Waals surface area contributed by atoms with Crippen molar-refractivity contribution in [2.75, 3.05) is 19.6 Å². The summed E-state index contributed by atoms with van der Waals surface area (Å²) in [5.74, 6) is 2.11. The standard InChI is InChI=1S/C19H30N2O2.ClH/c1-14-5-4-6-18(11-14)23-16(3)13-21-19(22)12-15(2)17-7-9-20-10-8-17;/h4-6,11,15-17,20H,7-10,12-13H2,1-3H3,(H,21,22);1H. The molecule has 1 aliphatic heterocycles. The van der Waals surface area contributed by atoms with E-state index >= 15 is 0 Å². The molecule has 2 rings (SSSR count). The van der Waals surface area contributed by atoms with Crippen LogP contribution < -0.4 is 15.4 Å². The fraction of sp³-hybridized carbons (Fsp3) is 0.632. The van der Waals surface area contributed by atoms with Gasteiger partial charge in [0.25, 0.3) is 0 Å². The number of hydrogen-bond donors (Lipinski definition) is 2. The molecule has 1 amide bonds. The lowest BCUT2D eigenvalue weighted by molar-refractivity contribution is -0.122. The van der Waals surface area contributed by atoms with Gasteiger partial charge in [-0.2, -0.15) is 0 Å². The quantitative estimate of drug-likeness (QED) is 0.789. The minimum Gasteiger partial charge on any atom is -0.489 e. The topological polar surface area (TPSA) is 50.4 Å². The van der Waals surface area contributed by atoms with Crippen molar-refractivity contribution in [2.45, 2.75) is 46.1 Å². The maximum atomic E-state index is 12.1. The molecule has 136 valence electrons. The summed E-state index contributed by atoms with van der Waals surface area (Å²) in [6, 6.07) is 7.99. The number of carbonyl (C=O) groups is 1. The number of piperidine rings is 1. The highest BCUT2D eigenvalue weighted by molar-refractivity contribution is 5.85. The van der Waals surface area contributed by atoms with Crippen LogP contribution in [-0.2, 0) is 4.79 Å². The Labute approximate surface area is 152 Å². The van der Waals surface area contributed by atoms with Crippen LogP contribution in [0.4, 0.5) is 0 Å². The zero-order valence-electron chi connectivity index (χ0n) is 15.0. The first-order valence-electron chi connectivity index (χ1n) is 8.75. The minimum atomic E-state index is -0.0325. The minimum absolute atomic E-state index is 0. The highest BCUT2D eigenvalue weighted by Crippen LogP contribution is 2.24. The molecule has 0 aliphatic carbocycles. The Morgan fingerprint density at radius 2 is 2.04 bits per heavy atom.